The minimum atomic E-state index is -0.422. The fraction of sp³-hybridized carbons (Fsp3) is 0.600. The number of halogens is 3. The van der Waals surface area contributed by atoms with Crippen molar-refractivity contribution in [2.45, 2.75) is 31.0 Å². The second-order valence-corrected chi connectivity index (χ2v) is 6.41. The first kappa shape index (κ1) is 13.3. The van der Waals surface area contributed by atoms with Crippen molar-refractivity contribution in [2.24, 2.45) is 11.8 Å². The molecule has 4 heteroatoms. The molecular formula is C15H18BrF2N. The average Bonchev–Trinajstić information content (AvgIpc) is 2.37. The first-order valence-electron chi connectivity index (χ1n) is 6.96. The Balaban J connectivity index is 1.89. The van der Waals surface area contributed by atoms with E-state index in [0.717, 1.165) is 13.1 Å². The maximum absolute atomic E-state index is 14.2. The standard InChI is InChI=1S/C15H18BrF2N/c16-7-12-5-13(17)15(14(18)6-12)19-8-10-2-1-3-11(4-10)9-19/h5-6,10-11H,1-4,7-9H2. The number of alkyl halides is 1. The van der Waals surface area contributed by atoms with Gasteiger partial charge >= 0.3 is 0 Å². The first-order valence-corrected chi connectivity index (χ1v) is 8.08. The van der Waals surface area contributed by atoms with Crippen LogP contribution in [-0.4, -0.2) is 13.1 Å². The van der Waals surface area contributed by atoms with E-state index < -0.39 is 11.6 Å². The predicted octanol–water partition coefficient (Wildman–Crippen LogP) is 4.49. The van der Waals surface area contributed by atoms with Crippen LogP contribution >= 0.6 is 15.9 Å². The number of benzene rings is 1. The summed E-state index contributed by atoms with van der Waals surface area (Å²) in [5.41, 5.74) is 0.831. The highest BCUT2D eigenvalue weighted by Gasteiger charge is 2.32. The minimum Gasteiger partial charge on any atom is -0.366 e. The van der Waals surface area contributed by atoms with Gasteiger partial charge in [-0.2, -0.15) is 0 Å². The molecule has 2 unspecified atom stereocenters. The van der Waals surface area contributed by atoms with Crippen LogP contribution in [0.2, 0.25) is 0 Å². The SMILES string of the molecule is Fc1cc(CBr)cc(F)c1N1CC2CCCC(C2)C1. The number of hydrogen-bond donors (Lipinski definition) is 0. The van der Waals surface area contributed by atoms with Gasteiger partial charge < -0.3 is 4.90 Å². The molecule has 19 heavy (non-hydrogen) atoms. The Hall–Kier alpha value is -0.640. The van der Waals surface area contributed by atoms with Gasteiger partial charge in [-0.15, -0.1) is 0 Å². The Morgan fingerprint density at radius 1 is 1.11 bits per heavy atom. The number of hydrogen-bond acceptors (Lipinski definition) is 1. The lowest BCUT2D eigenvalue weighted by Gasteiger charge is -2.42. The molecule has 2 fully saturated rings. The first-order chi connectivity index (χ1) is 9.17. The number of nitrogens with zero attached hydrogens (tertiary/aromatic N) is 1. The van der Waals surface area contributed by atoms with Crippen LogP contribution < -0.4 is 4.90 Å². The normalized spacial score (nSPS) is 26.6. The quantitative estimate of drug-likeness (QED) is 0.723. The summed E-state index contributed by atoms with van der Waals surface area (Å²) in [7, 11) is 0. The molecule has 1 aliphatic carbocycles. The third kappa shape index (κ3) is 2.64. The smallest absolute Gasteiger partial charge is 0.149 e. The molecule has 1 nitrogen and oxygen atoms in total. The fourth-order valence-corrected chi connectivity index (χ4v) is 3.94. The summed E-state index contributed by atoms with van der Waals surface area (Å²) in [6.07, 6.45) is 4.92. The highest BCUT2D eigenvalue weighted by molar-refractivity contribution is 9.08. The molecule has 104 valence electrons. The van der Waals surface area contributed by atoms with Crippen LogP contribution in [0.15, 0.2) is 12.1 Å². The van der Waals surface area contributed by atoms with Gasteiger partial charge in [-0.3, -0.25) is 0 Å². The Labute approximate surface area is 121 Å². The lowest BCUT2D eigenvalue weighted by molar-refractivity contribution is 0.229. The van der Waals surface area contributed by atoms with E-state index in [9.17, 15) is 8.78 Å². The molecule has 0 amide bonds. The van der Waals surface area contributed by atoms with Crippen molar-refractivity contribution in [1.29, 1.82) is 0 Å². The molecule has 2 atom stereocenters. The van der Waals surface area contributed by atoms with E-state index in [-0.39, 0.29) is 5.69 Å². The molecule has 1 aromatic carbocycles. The molecule has 1 saturated carbocycles. The van der Waals surface area contributed by atoms with Gasteiger partial charge in [0.1, 0.15) is 17.3 Å². The lowest BCUT2D eigenvalue weighted by atomic mass is 9.78. The largest absolute Gasteiger partial charge is 0.366 e. The van der Waals surface area contributed by atoms with Gasteiger partial charge in [-0.25, -0.2) is 8.78 Å². The molecule has 2 bridgehead atoms. The van der Waals surface area contributed by atoms with Crippen molar-refractivity contribution in [3.8, 4) is 0 Å². The van der Waals surface area contributed by atoms with Crippen molar-refractivity contribution in [2.75, 3.05) is 18.0 Å². The number of piperidine rings is 1. The van der Waals surface area contributed by atoms with Gasteiger partial charge in [-0.05, 0) is 48.8 Å². The van der Waals surface area contributed by atoms with E-state index in [2.05, 4.69) is 15.9 Å². The Morgan fingerprint density at radius 3 is 2.21 bits per heavy atom. The van der Waals surface area contributed by atoms with Gasteiger partial charge in [-0.1, -0.05) is 22.4 Å². The number of anilines is 1. The Bertz CT molecular complexity index is 442. The van der Waals surface area contributed by atoms with E-state index in [4.69, 9.17) is 0 Å². The zero-order valence-corrected chi connectivity index (χ0v) is 12.4. The minimum absolute atomic E-state index is 0.182. The molecule has 0 N–H and O–H groups in total. The highest BCUT2D eigenvalue weighted by atomic mass is 79.9. The summed E-state index contributed by atoms with van der Waals surface area (Å²) in [4.78, 5) is 1.93. The molecule has 0 aromatic heterocycles. The van der Waals surface area contributed by atoms with Crippen LogP contribution in [-0.2, 0) is 5.33 Å². The third-order valence-electron chi connectivity index (χ3n) is 4.40. The van der Waals surface area contributed by atoms with E-state index >= 15 is 0 Å². The van der Waals surface area contributed by atoms with Crippen molar-refractivity contribution < 1.29 is 8.78 Å². The topological polar surface area (TPSA) is 3.24 Å². The van der Waals surface area contributed by atoms with Gasteiger partial charge in [0.05, 0.1) is 0 Å². The zero-order chi connectivity index (χ0) is 13.4. The Kier molecular flexibility index (Phi) is 3.79. The highest BCUT2D eigenvalue weighted by Crippen LogP contribution is 2.38. The van der Waals surface area contributed by atoms with Crippen LogP contribution in [0.25, 0.3) is 0 Å². The van der Waals surface area contributed by atoms with Gasteiger partial charge in [0.25, 0.3) is 0 Å². The van der Waals surface area contributed by atoms with Crippen LogP contribution in [0.3, 0.4) is 0 Å². The Morgan fingerprint density at radius 2 is 1.68 bits per heavy atom. The van der Waals surface area contributed by atoms with Crippen molar-refractivity contribution in [1.82, 2.24) is 0 Å². The summed E-state index contributed by atoms with van der Waals surface area (Å²) in [6, 6.07) is 2.88. The molecule has 1 saturated heterocycles. The monoisotopic (exact) mass is 329 g/mol. The molecule has 1 heterocycles. The second kappa shape index (κ2) is 5.39. The van der Waals surface area contributed by atoms with Gasteiger partial charge in [0, 0.05) is 18.4 Å². The maximum Gasteiger partial charge on any atom is 0.149 e. The van der Waals surface area contributed by atoms with Gasteiger partial charge in [0.15, 0.2) is 0 Å². The van der Waals surface area contributed by atoms with Crippen LogP contribution in [0.1, 0.15) is 31.2 Å². The van der Waals surface area contributed by atoms with Gasteiger partial charge in [0.2, 0.25) is 0 Å². The van der Waals surface area contributed by atoms with E-state index in [1.807, 2.05) is 4.90 Å². The third-order valence-corrected chi connectivity index (χ3v) is 5.04. The van der Waals surface area contributed by atoms with E-state index in [1.165, 1.54) is 37.8 Å². The maximum atomic E-state index is 14.2. The molecule has 0 spiro atoms. The molecule has 1 aromatic rings. The fourth-order valence-electron chi connectivity index (χ4n) is 3.61. The number of fused-ring (bicyclic) bond motifs is 2. The average molecular weight is 330 g/mol. The van der Waals surface area contributed by atoms with Crippen LogP contribution in [0.4, 0.5) is 14.5 Å². The van der Waals surface area contributed by atoms with Crippen molar-refractivity contribution in [3.63, 3.8) is 0 Å². The van der Waals surface area contributed by atoms with E-state index in [0.29, 0.717) is 22.7 Å². The molecule has 3 rings (SSSR count). The van der Waals surface area contributed by atoms with Crippen molar-refractivity contribution >= 4 is 21.6 Å². The molecule has 2 aliphatic rings. The molecule has 0 radical (unpaired) electrons. The summed E-state index contributed by atoms with van der Waals surface area (Å²) < 4.78 is 28.3. The summed E-state index contributed by atoms with van der Waals surface area (Å²) in [6.45, 7) is 1.61. The van der Waals surface area contributed by atoms with Crippen molar-refractivity contribution in [3.05, 3.63) is 29.3 Å². The van der Waals surface area contributed by atoms with E-state index in [1.54, 1.807) is 0 Å². The lowest BCUT2D eigenvalue weighted by Crippen LogP contribution is -2.43. The second-order valence-electron chi connectivity index (χ2n) is 5.85. The summed E-state index contributed by atoms with van der Waals surface area (Å²) in [5.74, 6) is 0.383. The molecule has 1 aliphatic heterocycles. The zero-order valence-electron chi connectivity index (χ0n) is 10.8. The summed E-state index contributed by atoms with van der Waals surface area (Å²) >= 11 is 3.24. The number of rotatable bonds is 2. The summed E-state index contributed by atoms with van der Waals surface area (Å²) in [5, 5.41) is 0.479. The predicted molar refractivity (Wildman–Crippen MR) is 76.7 cm³/mol. The van der Waals surface area contributed by atoms with Crippen LogP contribution in [0, 0.1) is 23.5 Å². The molecular weight excluding hydrogens is 312 g/mol. The van der Waals surface area contributed by atoms with Crippen LogP contribution in [0.5, 0.6) is 0 Å².